The van der Waals surface area contributed by atoms with E-state index < -0.39 is 60.5 Å². The van der Waals surface area contributed by atoms with Gasteiger partial charge in [0.2, 0.25) is 17.7 Å². The van der Waals surface area contributed by atoms with Crippen molar-refractivity contribution in [1.82, 2.24) is 10.6 Å². The Kier molecular flexibility index (Phi) is 14.0. The molecule has 3 unspecified atom stereocenters. The van der Waals surface area contributed by atoms with Crippen LogP contribution >= 0.6 is 0 Å². The summed E-state index contributed by atoms with van der Waals surface area (Å²) in [6, 6.07) is 5.70. The lowest BCUT2D eigenvalue weighted by Gasteiger charge is -2.31. The number of hydrogen-bond acceptors (Lipinski definition) is 8. The standard InChI is InChI=1S/C20H30BF3N6O5.C8H7F3/c22-20(23,24)10-3-11(21(34)35)5-14(4-10)30-18(32)9-28-19(33)16(27)1-2-17(31)29-15-7-12(25)6-13(26)8-15;1-6-2-4-7(5-3-6)8(9,10)11/h3-5,12-13,15-16,34-35H,1-2,6-9,25-27H2,(H,28,33)(H,29,31)(H,30,32);2-5H,1H3. The number of carbonyl (C=O) groups is 3. The quantitative estimate of drug-likeness (QED) is 0.143. The van der Waals surface area contributed by atoms with Gasteiger partial charge in [0.05, 0.1) is 23.7 Å². The Hall–Kier alpha value is -3.71. The molecule has 0 bridgehead atoms. The third kappa shape index (κ3) is 13.3. The van der Waals surface area contributed by atoms with E-state index in [0.717, 1.165) is 23.8 Å². The Morgan fingerprint density at radius 2 is 1.46 bits per heavy atom. The van der Waals surface area contributed by atoms with Crippen LogP contribution in [0, 0.1) is 6.92 Å². The normalized spacial score (nSPS) is 18.8. The topological polar surface area (TPSA) is 206 Å². The summed E-state index contributed by atoms with van der Waals surface area (Å²) in [6.07, 6.45) is -7.16. The number of carbonyl (C=O) groups excluding carboxylic acids is 3. The number of nitrogens with two attached hydrogens (primary N) is 3. The van der Waals surface area contributed by atoms with Crippen LogP contribution in [0.1, 0.15) is 48.8 Å². The summed E-state index contributed by atoms with van der Waals surface area (Å²) in [4.78, 5) is 36.3. The van der Waals surface area contributed by atoms with Crippen LogP contribution in [0.15, 0.2) is 42.5 Å². The summed E-state index contributed by atoms with van der Waals surface area (Å²) in [5.41, 5.74) is 15.8. The molecule has 0 radical (unpaired) electrons. The number of hydrogen-bond donors (Lipinski definition) is 8. The van der Waals surface area contributed by atoms with E-state index in [1.807, 2.05) is 0 Å². The molecule has 254 valence electrons. The van der Waals surface area contributed by atoms with E-state index in [1.54, 1.807) is 6.92 Å². The molecular weight excluding hydrogens is 625 g/mol. The molecular formula is C28H37BF6N6O5. The van der Waals surface area contributed by atoms with Crippen molar-refractivity contribution in [3.8, 4) is 0 Å². The SMILES string of the molecule is Cc1ccc(C(F)(F)F)cc1.NC1CC(N)CC(NC(=O)CCC(N)C(=O)NCC(=O)Nc2cc(B(O)O)cc(C(F)(F)F)c2)C1. The second-order valence-electron chi connectivity index (χ2n) is 11.0. The molecule has 3 atom stereocenters. The van der Waals surface area contributed by atoms with Crippen molar-refractivity contribution in [2.45, 2.75) is 75.5 Å². The van der Waals surface area contributed by atoms with Crippen LogP contribution in [0.25, 0.3) is 0 Å². The third-order valence-electron chi connectivity index (χ3n) is 6.83. The smallest absolute Gasteiger partial charge is 0.423 e. The Bertz CT molecular complexity index is 1320. The monoisotopic (exact) mass is 662 g/mol. The molecule has 2 aromatic rings. The lowest BCUT2D eigenvalue weighted by Crippen LogP contribution is -2.49. The fourth-order valence-electron chi connectivity index (χ4n) is 4.53. The summed E-state index contributed by atoms with van der Waals surface area (Å²) < 4.78 is 74.8. The first-order valence-corrected chi connectivity index (χ1v) is 14.1. The van der Waals surface area contributed by atoms with Crippen LogP contribution in [0.5, 0.6) is 0 Å². The van der Waals surface area contributed by atoms with E-state index in [9.17, 15) is 50.8 Å². The average molecular weight is 662 g/mol. The van der Waals surface area contributed by atoms with Crippen molar-refractivity contribution in [1.29, 1.82) is 0 Å². The number of rotatable bonds is 9. The first-order chi connectivity index (χ1) is 21.2. The van der Waals surface area contributed by atoms with Crippen molar-refractivity contribution in [2.75, 3.05) is 11.9 Å². The molecule has 1 fully saturated rings. The van der Waals surface area contributed by atoms with Crippen LogP contribution in [-0.2, 0) is 26.7 Å². The molecule has 18 heteroatoms. The van der Waals surface area contributed by atoms with E-state index in [2.05, 4.69) is 16.0 Å². The maximum atomic E-state index is 13.0. The minimum atomic E-state index is -4.79. The van der Waals surface area contributed by atoms with Gasteiger partial charge in [-0.3, -0.25) is 14.4 Å². The first-order valence-electron chi connectivity index (χ1n) is 14.1. The second-order valence-corrected chi connectivity index (χ2v) is 11.0. The van der Waals surface area contributed by atoms with E-state index in [0.29, 0.717) is 31.4 Å². The van der Waals surface area contributed by atoms with Gasteiger partial charge >= 0.3 is 19.5 Å². The number of aryl methyl sites for hydroxylation is 1. The molecule has 46 heavy (non-hydrogen) atoms. The van der Waals surface area contributed by atoms with E-state index >= 15 is 0 Å². The molecule has 1 aliphatic carbocycles. The van der Waals surface area contributed by atoms with Crippen molar-refractivity contribution in [3.05, 3.63) is 59.2 Å². The van der Waals surface area contributed by atoms with Gasteiger partial charge in [0.25, 0.3) is 0 Å². The summed E-state index contributed by atoms with van der Waals surface area (Å²) in [5, 5.41) is 25.6. The Labute approximate surface area is 261 Å². The molecule has 1 aliphatic rings. The Balaban J connectivity index is 0.000000562. The van der Waals surface area contributed by atoms with Crippen LogP contribution in [-0.4, -0.2) is 65.6 Å². The van der Waals surface area contributed by atoms with Gasteiger partial charge in [-0.05, 0) is 62.3 Å². The van der Waals surface area contributed by atoms with Gasteiger partial charge in [0.15, 0.2) is 0 Å². The maximum absolute atomic E-state index is 13.0. The van der Waals surface area contributed by atoms with Gasteiger partial charge in [0, 0.05) is 30.2 Å². The number of benzene rings is 2. The third-order valence-corrected chi connectivity index (χ3v) is 6.83. The van der Waals surface area contributed by atoms with Gasteiger partial charge in [-0.15, -0.1) is 0 Å². The second kappa shape index (κ2) is 16.7. The van der Waals surface area contributed by atoms with Gasteiger partial charge in [0.1, 0.15) is 0 Å². The molecule has 3 amide bonds. The van der Waals surface area contributed by atoms with Gasteiger partial charge in [-0.1, -0.05) is 23.8 Å². The van der Waals surface area contributed by atoms with Crippen LogP contribution < -0.4 is 38.6 Å². The first kappa shape index (κ1) is 38.5. The van der Waals surface area contributed by atoms with E-state index in [-0.39, 0.29) is 42.6 Å². The molecule has 0 heterocycles. The molecule has 0 aliphatic heterocycles. The lowest BCUT2D eigenvalue weighted by molar-refractivity contribution is -0.138. The van der Waals surface area contributed by atoms with Crippen LogP contribution in [0.2, 0.25) is 0 Å². The van der Waals surface area contributed by atoms with Gasteiger partial charge in [-0.25, -0.2) is 0 Å². The molecule has 11 N–H and O–H groups in total. The zero-order chi connectivity index (χ0) is 34.8. The minimum absolute atomic E-state index is 0.00448. The Morgan fingerprint density at radius 3 is 1.98 bits per heavy atom. The van der Waals surface area contributed by atoms with Gasteiger partial charge < -0.3 is 43.2 Å². The van der Waals surface area contributed by atoms with Crippen molar-refractivity contribution in [3.63, 3.8) is 0 Å². The summed E-state index contributed by atoms with van der Waals surface area (Å²) in [7, 11) is -2.19. The van der Waals surface area contributed by atoms with Gasteiger partial charge in [-0.2, -0.15) is 26.3 Å². The maximum Gasteiger partial charge on any atom is 0.488 e. The van der Waals surface area contributed by atoms with Crippen LogP contribution in [0.3, 0.4) is 0 Å². The summed E-state index contributed by atoms with van der Waals surface area (Å²) in [6.45, 7) is 1.14. The number of alkyl halides is 6. The molecule has 1 saturated carbocycles. The Morgan fingerprint density at radius 1 is 0.891 bits per heavy atom. The number of amides is 3. The predicted octanol–water partition coefficient (Wildman–Crippen LogP) is 0.885. The largest absolute Gasteiger partial charge is 0.488 e. The molecule has 11 nitrogen and oxygen atoms in total. The minimum Gasteiger partial charge on any atom is -0.423 e. The number of anilines is 1. The zero-order valence-electron chi connectivity index (χ0n) is 24.8. The fraction of sp³-hybridized carbons (Fsp3) is 0.464. The molecule has 0 saturated heterocycles. The highest BCUT2D eigenvalue weighted by Crippen LogP contribution is 2.30. The van der Waals surface area contributed by atoms with Crippen molar-refractivity contribution in [2.24, 2.45) is 17.2 Å². The lowest BCUT2D eigenvalue weighted by atomic mass is 9.79. The van der Waals surface area contributed by atoms with E-state index in [4.69, 9.17) is 17.2 Å². The molecule has 2 aromatic carbocycles. The fourth-order valence-corrected chi connectivity index (χ4v) is 4.53. The summed E-state index contributed by atoms with van der Waals surface area (Å²) in [5.74, 6) is -1.92. The predicted molar refractivity (Wildman–Crippen MR) is 158 cm³/mol. The number of halogens is 6. The highest BCUT2D eigenvalue weighted by atomic mass is 19.4. The van der Waals surface area contributed by atoms with E-state index in [1.165, 1.54) is 12.1 Å². The zero-order valence-corrected chi connectivity index (χ0v) is 24.8. The van der Waals surface area contributed by atoms with Crippen LogP contribution in [0.4, 0.5) is 32.0 Å². The molecule has 3 rings (SSSR count). The highest BCUT2D eigenvalue weighted by molar-refractivity contribution is 6.58. The average Bonchev–Trinajstić information content (AvgIpc) is 2.93. The number of nitrogens with one attached hydrogen (secondary N) is 3. The molecule has 0 aromatic heterocycles. The molecule has 0 spiro atoms. The summed E-state index contributed by atoms with van der Waals surface area (Å²) >= 11 is 0. The highest BCUT2D eigenvalue weighted by Gasteiger charge is 2.33. The van der Waals surface area contributed by atoms with Crippen molar-refractivity contribution >= 4 is 36.0 Å². The van der Waals surface area contributed by atoms with Crippen molar-refractivity contribution < 1.29 is 50.8 Å².